The van der Waals surface area contributed by atoms with Crippen molar-refractivity contribution in [2.45, 2.75) is 6.92 Å². The molecule has 3 aromatic rings. The molecule has 0 N–H and O–H groups in total. The minimum Gasteiger partial charge on any atom is -0.457 e. The van der Waals surface area contributed by atoms with Crippen LogP contribution in [-0.4, -0.2) is 56.3 Å². The molecule has 0 unspecified atom stereocenters. The highest BCUT2D eigenvalue weighted by molar-refractivity contribution is 7.58. The molecule has 0 bridgehead atoms. The van der Waals surface area contributed by atoms with Gasteiger partial charge in [0.15, 0.2) is 5.75 Å². The Balaban J connectivity index is 1.85. The Hall–Kier alpha value is -2.63. The van der Waals surface area contributed by atoms with Crippen molar-refractivity contribution in [3.05, 3.63) is 78.4 Å². The third-order valence-electron chi connectivity index (χ3n) is 5.29. The molecule has 0 aliphatic rings. The van der Waals surface area contributed by atoms with Gasteiger partial charge in [0.1, 0.15) is 11.5 Å². The van der Waals surface area contributed by atoms with E-state index in [-0.39, 0.29) is 0 Å². The van der Waals surface area contributed by atoms with Gasteiger partial charge in [-0.15, -0.1) is 0 Å². The molecule has 0 fully saturated rings. The van der Waals surface area contributed by atoms with E-state index in [0.717, 1.165) is 28.2 Å². The van der Waals surface area contributed by atoms with E-state index < -0.39 is 7.51 Å². The van der Waals surface area contributed by atoms with Crippen LogP contribution in [0.5, 0.6) is 17.2 Å². The van der Waals surface area contributed by atoms with Crippen LogP contribution in [0.3, 0.4) is 0 Å². The zero-order valence-corrected chi connectivity index (χ0v) is 20.9. The molecule has 0 saturated carbocycles. The summed E-state index contributed by atoms with van der Waals surface area (Å²) >= 11 is 0. The quantitative estimate of drug-likeness (QED) is 0.293. The van der Waals surface area contributed by atoms with Gasteiger partial charge in [0.25, 0.3) is 0 Å². The molecule has 170 valence electrons. The molecule has 0 aliphatic carbocycles. The van der Waals surface area contributed by atoms with E-state index in [0.29, 0.717) is 5.75 Å². The van der Waals surface area contributed by atoms with Crippen LogP contribution < -0.4 is 9.57 Å². The van der Waals surface area contributed by atoms with E-state index in [1.165, 1.54) is 0 Å². The molecule has 3 aromatic carbocycles. The van der Waals surface area contributed by atoms with Gasteiger partial charge >= 0.3 is 0 Å². The third kappa shape index (κ3) is 5.05. The fourth-order valence-electron chi connectivity index (χ4n) is 3.74. The summed E-state index contributed by atoms with van der Waals surface area (Å²) in [6, 6.07) is 24.0. The number of hydrogen-bond acceptors (Lipinski definition) is 3. The first-order valence-electron chi connectivity index (χ1n) is 10.5. The molecular formula is C25H33N4O2P. The second kappa shape index (κ2) is 10.3. The van der Waals surface area contributed by atoms with Crippen molar-refractivity contribution in [2.75, 3.05) is 42.3 Å². The minimum absolute atomic E-state index is 0.706. The molecule has 0 aliphatic heterocycles. The highest BCUT2D eigenvalue weighted by Gasteiger charge is 2.30. The number of para-hydroxylation sites is 1. The van der Waals surface area contributed by atoms with Crippen molar-refractivity contribution < 1.29 is 9.57 Å². The van der Waals surface area contributed by atoms with Crippen molar-refractivity contribution in [1.29, 1.82) is 0 Å². The van der Waals surface area contributed by atoms with Crippen molar-refractivity contribution in [1.82, 2.24) is 14.0 Å². The summed E-state index contributed by atoms with van der Waals surface area (Å²) in [5.74, 6) is 2.38. The Kier molecular flexibility index (Phi) is 7.75. The standard InChI is InChI=1S/C25H33N4O2P/c1-20-24(14-11-15-25(20)30-22-12-9-8-10-13-22)21-16-18-23(19-17-21)31-26-32(27(2)3,28(4)5)29(6)7/h8-19H,1-7H3. The lowest BCUT2D eigenvalue weighted by Crippen LogP contribution is -2.31. The molecule has 3 rings (SSSR count). The Morgan fingerprint density at radius 3 is 1.81 bits per heavy atom. The van der Waals surface area contributed by atoms with Crippen molar-refractivity contribution in [2.24, 2.45) is 4.91 Å². The normalized spacial score (nSPS) is 11.8. The maximum Gasteiger partial charge on any atom is 0.210 e. The van der Waals surface area contributed by atoms with Gasteiger partial charge in [-0.1, -0.05) is 47.4 Å². The summed E-state index contributed by atoms with van der Waals surface area (Å²) in [5, 5.41) is 0. The highest BCUT2D eigenvalue weighted by Crippen LogP contribution is 2.54. The first-order valence-corrected chi connectivity index (χ1v) is 12.1. The molecule has 7 heteroatoms. The summed E-state index contributed by atoms with van der Waals surface area (Å²) in [4.78, 5) is 10.6. The van der Waals surface area contributed by atoms with Crippen LogP contribution in [0.4, 0.5) is 0 Å². The lowest BCUT2D eigenvalue weighted by Gasteiger charge is -2.39. The van der Waals surface area contributed by atoms with Crippen molar-refractivity contribution in [3.63, 3.8) is 0 Å². The third-order valence-corrected chi connectivity index (χ3v) is 8.81. The van der Waals surface area contributed by atoms with E-state index in [1.54, 1.807) is 0 Å². The second-order valence-electron chi connectivity index (χ2n) is 8.12. The predicted octanol–water partition coefficient (Wildman–Crippen LogP) is 6.38. The molecule has 0 amide bonds. The van der Waals surface area contributed by atoms with Gasteiger partial charge in [0, 0.05) is 0 Å². The van der Waals surface area contributed by atoms with E-state index in [4.69, 9.17) is 9.57 Å². The van der Waals surface area contributed by atoms with Crippen LogP contribution in [0.1, 0.15) is 5.56 Å². The van der Waals surface area contributed by atoms with Gasteiger partial charge in [-0.3, -0.25) is 0 Å². The SMILES string of the molecule is Cc1c(Oc2ccccc2)cccc1-c1ccc(ON=P(N(C)C)(N(C)C)N(C)C)cc1. The first-order chi connectivity index (χ1) is 15.3. The summed E-state index contributed by atoms with van der Waals surface area (Å²) in [6.45, 7) is 2.08. The molecule has 0 saturated heterocycles. The van der Waals surface area contributed by atoms with Crippen LogP contribution in [0.2, 0.25) is 0 Å². The van der Waals surface area contributed by atoms with Crippen LogP contribution in [0.15, 0.2) is 77.7 Å². The average molecular weight is 453 g/mol. The summed E-state index contributed by atoms with van der Waals surface area (Å²) < 4.78 is 12.4. The van der Waals surface area contributed by atoms with E-state index in [9.17, 15) is 0 Å². The van der Waals surface area contributed by atoms with Gasteiger partial charge < -0.3 is 9.57 Å². The summed E-state index contributed by atoms with van der Waals surface area (Å²) in [6.07, 6.45) is 0. The summed E-state index contributed by atoms with van der Waals surface area (Å²) in [7, 11) is 10.0. The molecule has 0 spiro atoms. The van der Waals surface area contributed by atoms with Crippen LogP contribution >= 0.6 is 7.51 Å². The van der Waals surface area contributed by atoms with Crippen molar-refractivity contribution >= 4 is 7.51 Å². The number of rotatable bonds is 8. The largest absolute Gasteiger partial charge is 0.457 e. The van der Waals surface area contributed by atoms with E-state index in [1.807, 2.05) is 96.9 Å². The monoisotopic (exact) mass is 452 g/mol. The van der Waals surface area contributed by atoms with E-state index >= 15 is 0 Å². The Morgan fingerprint density at radius 1 is 0.656 bits per heavy atom. The Labute approximate surface area is 192 Å². The van der Waals surface area contributed by atoms with E-state index in [2.05, 4.69) is 44.0 Å². The molecule has 0 aromatic heterocycles. The lowest BCUT2D eigenvalue weighted by molar-refractivity contribution is 0.324. The maximum atomic E-state index is 6.09. The minimum atomic E-state index is -2.11. The fraction of sp³-hybridized carbons (Fsp3) is 0.280. The maximum absolute atomic E-state index is 6.09. The van der Waals surface area contributed by atoms with Gasteiger partial charge in [-0.2, -0.15) is 0 Å². The zero-order valence-electron chi connectivity index (χ0n) is 20.0. The highest BCUT2D eigenvalue weighted by atomic mass is 31.2. The predicted molar refractivity (Wildman–Crippen MR) is 134 cm³/mol. The van der Waals surface area contributed by atoms with Gasteiger partial charge in [-0.05, 0) is 96.2 Å². The fourth-order valence-corrected chi connectivity index (χ4v) is 6.53. The summed E-state index contributed by atoms with van der Waals surface area (Å²) in [5.41, 5.74) is 3.31. The lowest BCUT2D eigenvalue weighted by atomic mass is 10.00. The molecule has 6 nitrogen and oxygen atoms in total. The number of nitrogens with zero attached hydrogens (tertiary/aromatic N) is 4. The molecule has 0 heterocycles. The van der Waals surface area contributed by atoms with Gasteiger partial charge in [-0.25, -0.2) is 14.0 Å². The number of hydrogen-bond donors (Lipinski definition) is 0. The molecular weight excluding hydrogens is 419 g/mol. The van der Waals surface area contributed by atoms with Crippen molar-refractivity contribution in [3.8, 4) is 28.4 Å². The number of ether oxygens (including phenoxy) is 1. The van der Waals surface area contributed by atoms with Crippen LogP contribution in [-0.2, 0) is 0 Å². The first kappa shape index (κ1) is 24.0. The molecule has 0 radical (unpaired) electrons. The molecule has 0 atom stereocenters. The topological polar surface area (TPSA) is 40.5 Å². The number of benzene rings is 3. The van der Waals surface area contributed by atoms with Crippen LogP contribution in [0.25, 0.3) is 11.1 Å². The second-order valence-corrected chi connectivity index (χ2v) is 11.8. The zero-order chi connectivity index (χ0) is 23.3. The Morgan fingerprint density at radius 2 is 1.25 bits per heavy atom. The van der Waals surface area contributed by atoms with Gasteiger partial charge in [0.2, 0.25) is 7.51 Å². The van der Waals surface area contributed by atoms with Gasteiger partial charge in [0.05, 0.1) is 0 Å². The molecule has 32 heavy (non-hydrogen) atoms. The average Bonchev–Trinajstić information content (AvgIpc) is 2.76. The Bertz CT molecular complexity index is 1050. The van der Waals surface area contributed by atoms with Crippen LogP contribution in [0, 0.1) is 6.92 Å². The smallest absolute Gasteiger partial charge is 0.210 e.